The highest BCUT2D eigenvalue weighted by Crippen LogP contribution is 2.40. The standard InChI is InChI=1S/C13H10O2/c14-11-7-12(15)10-6-2-4-8-3-1-5-9(11)13(8)10/h1-6,8,13H,7H2. The van der Waals surface area contributed by atoms with Crippen LogP contribution in [0.15, 0.2) is 47.6 Å². The van der Waals surface area contributed by atoms with Crippen molar-refractivity contribution in [3.05, 3.63) is 47.6 Å². The van der Waals surface area contributed by atoms with E-state index in [1.54, 1.807) is 0 Å². The third kappa shape index (κ3) is 1.11. The minimum atomic E-state index is -0.00759. The Balaban J connectivity index is 2.17. The Kier molecular flexibility index (Phi) is 1.66. The van der Waals surface area contributed by atoms with Gasteiger partial charge in [-0.15, -0.1) is 0 Å². The maximum Gasteiger partial charge on any atom is 0.167 e. The van der Waals surface area contributed by atoms with Gasteiger partial charge in [-0.3, -0.25) is 9.59 Å². The number of carbonyl (C=O) groups excluding carboxylic acids is 2. The molecule has 0 radical (unpaired) electrons. The van der Waals surface area contributed by atoms with Crippen LogP contribution in [0.25, 0.3) is 0 Å². The molecule has 0 bridgehead atoms. The fourth-order valence-corrected chi connectivity index (χ4v) is 2.53. The van der Waals surface area contributed by atoms with Crippen molar-refractivity contribution in [2.45, 2.75) is 6.42 Å². The van der Waals surface area contributed by atoms with Gasteiger partial charge in [0.25, 0.3) is 0 Å². The Labute approximate surface area is 87.7 Å². The van der Waals surface area contributed by atoms with Crippen LogP contribution in [-0.4, -0.2) is 11.6 Å². The Bertz CT molecular complexity index is 433. The van der Waals surface area contributed by atoms with Gasteiger partial charge in [-0.1, -0.05) is 36.5 Å². The first-order chi connectivity index (χ1) is 7.27. The molecule has 0 aliphatic heterocycles. The molecule has 0 aromatic rings. The first kappa shape index (κ1) is 8.60. The van der Waals surface area contributed by atoms with Crippen LogP contribution in [-0.2, 0) is 9.59 Å². The van der Waals surface area contributed by atoms with Crippen molar-refractivity contribution < 1.29 is 9.59 Å². The zero-order valence-corrected chi connectivity index (χ0v) is 8.14. The summed E-state index contributed by atoms with van der Waals surface area (Å²) in [7, 11) is 0. The van der Waals surface area contributed by atoms with Gasteiger partial charge >= 0.3 is 0 Å². The summed E-state index contributed by atoms with van der Waals surface area (Å²) in [5.74, 6) is 0.172. The number of ketones is 2. The molecule has 0 atom stereocenters. The van der Waals surface area contributed by atoms with Crippen molar-refractivity contribution >= 4 is 11.6 Å². The van der Waals surface area contributed by atoms with E-state index in [0.29, 0.717) is 0 Å². The van der Waals surface area contributed by atoms with Gasteiger partial charge in [-0.05, 0) is 0 Å². The summed E-state index contributed by atoms with van der Waals surface area (Å²) in [6.07, 6.45) is 11.7. The first-order valence-electron chi connectivity index (χ1n) is 5.10. The number of hydrogen-bond donors (Lipinski definition) is 0. The summed E-state index contributed by atoms with van der Waals surface area (Å²) in [6.45, 7) is 0. The number of allylic oxidation sites excluding steroid dienone is 8. The van der Waals surface area contributed by atoms with Gasteiger partial charge in [0.15, 0.2) is 11.6 Å². The van der Waals surface area contributed by atoms with Crippen molar-refractivity contribution in [2.75, 3.05) is 0 Å². The molecule has 2 heteroatoms. The van der Waals surface area contributed by atoms with Crippen molar-refractivity contribution in [3.63, 3.8) is 0 Å². The van der Waals surface area contributed by atoms with Crippen molar-refractivity contribution in [1.29, 1.82) is 0 Å². The highest BCUT2D eigenvalue weighted by molar-refractivity contribution is 6.18. The normalized spacial score (nSPS) is 32.3. The molecule has 0 unspecified atom stereocenters. The van der Waals surface area contributed by atoms with Crippen LogP contribution < -0.4 is 0 Å². The molecule has 1 saturated carbocycles. The first-order valence-corrected chi connectivity index (χ1v) is 5.10. The molecule has 15 heavy (non-hydrogen) atoms. The zero-order valence-electron chi connectivity index (χ0n) is 8.14. The van der Waals surface area contributed by atoms with Gasteiger partial charge in [0.05, 0.1) is 6.42 Å². The molecule has 0 aromatic carbocycles. The summed E-state index contributed by atoms with van der Waals surface area (Å²) >= 11 is 0. The smallest absolute Gasteiger partial charge is 0.167 e. The lowest BCUT2D eigenvalue weighted by Crippen LogP contribution is -2.34. The Morgan fingerprint density at radius 2 is 1.47 bits per heavy atom. The molecule has 3 aliphatic carbocycles. The van der Waals surface area contributed by atoms with Gasteiger partial charge in [0.2, 0.25) is 0 Å². The summed E-state index contributed by atoms with van der Waals surface area (Å²) in [5, 5.41) is 0. The molecular formula is C13H10O2. The second-order valence-electron chi connectivity index (χ2n) is 4.09. The van der Waals surface area contributed by atoms with E-state index in [1.165, 1.54) is 0 Å². The average Bonchev–Trinajstić information content (AvgIpc) is 2.25. The lowest BCUT2D eigenvalue weighted by atomic mass is 9.68. The minimum absolute atomic E-state index is 0.00579. The lowest BCUT2D eigenvalue weighted by Gasteiger charge is -2.33. The third-order valence-corrected chi connectivity index (χ3v) is 3.24. The summed E-state index contributed by atoms with van der Waals surface area (Å²) < 4.78 is 0. The van der Waals surface area contributed by atoms with Crippen molar-refractivity contribution in [1.82, 2.24) is 0 Å². The van der Waals surface area contributed by atoms with Crippen LogP contribution in [0.1, 0.15) is 6.42 Å². The molecule has 0 saturated heterocycles. The Morgan fingerprint density at radius 3 is 2.00 bits per heavy atom. The fraction of sp³-hybridized carbons (Fsp3) is 0.231. The minimum Gasteiger partial charge on any atom is -0.294 e. The monoisotopic (exact) mass is 198 g/mol. The molecule has 1 fully saturated rings. The third-order valence-electron chi connectivity index (χ3n) is 3.24. The molecule has 0 amide bonds. The largest absolute Gasteiger partial charge is 0.294 e. The quantitative estimate of drug-likeness (QED) is 0.556. The summed E-state index contributed by atoms with van der Waals surface area (Å²) in [5.41, 5.74) is 1.61. The lowest BCUT2D eigenvalue weighted by molar-refractivity contribution is -0.125. The van der Waals surface area contributed by atoms with Crippen molar-refractivity contribution in [3.8, 4) is 0 Å². The van der Waals surface area contributed by atoms with E-state index in [0.717, 1.165) is 11.1 Å². The maximum atomic E-state index is 11.7. The molecule has 3 rings (SSSR count). The van der Waals surface area contributed by atoms with Crippen LogP contribution in [0, 0.1) is 11.8 Å². The van der Waals surface area contributed by atoms with E-state index in [1.807, 2.05) is 36.5 Å². The van der Waals surface area contributed by atoms with E-state index >= 15 is 0 Å². The highest BCUT2D eigenvalue weighted by atomic mass is 16.1. The summed E-state index contributed by atoms with van der Waals surface area (Å²) in [6, 6.07) is 0. The van der Waals surface area contributed by atoms with Gasteiger partial charge in [0, 0.05) is 23.0 Å². The second-order valence-corrected chi connectivity index (χ2v) is 4.09. The van der Waals surface area contributed by atoms with Crippen molar-refractivity contribution in [2.24, 2.45) is 11.8 Å². The Hall–Kier alpha value is -1.70. The van der Waals surface area contributed by atoms with E-state index in [4.69, 9.17) is 0 Å². The molecule has 0 N–H and O–H groups in total. The molecule has 3 aliphatic rings. The van der Waals surface area contributed by atoms with Crippen LogP contribution >= 0.6 is 0 Å². The number of Topliss-reactive ketones (excluding diaryl/α,β-unsaturated/α-hetero) is 2. The summed E-state index contributed by atoms with van der Waals surface area (Å²) in [4.78, 5) is 23.4. The van der Waals surface area contributed by atoms with E-state index in [2.05, 4.69) is 0 Å². The van der Waals surface area contributed by atoms with E-state index < -0.39 is 0 Å². The molecule has 0 aromatic heterocycles. The number of carbonyl (C=O) groups is 2. The van der Waals surface area contributed by atoms with E-state index in [-0.39, 0.29) is 29.8 Å². The molecule has 2 nitrogen and oxygen atoms in total. The zero-order chi connectivity index (χ0) is 10.4. The second kappa shape index (κ2) is 2.89. The molecular weight excluding hydrogens is 188 g/mol. The highest BCUT2D eigenvalue weighted by Gasteiger charge is 2.39. The molecule has 0 spiro atoms. The van der Waals surface area contributed by atoms with Crippen LogP contribution in [0.4, 0.5) is 0 Å². The molecule has 74 valence electrons. The van der Waals surface area contributed by atoms with Crippen LogP contribution in [0.5, 0.6) is 0 Å². The maximum absolute atomic E-state index is 11.7. The van der Waals surface area contributed by atoms with Crippen LogP contribution in [0.2, 0.25) is 0 Å². The average molecular weight is 198 g/mol. The number of hydrogen-bond acceptors (Lipinski definition) is 2. The van der Waals surface area contributed by atoms with Gasteiger partial charge in [0.1, 0.15) is 0 Å². The number of rotatable bonds is 0. The predicted molar refractivity (Wildman–Crippen MR) is 56.1 cm³/mol. The van der Waals surface area contributed by atoms with Gasteiger partial charge in [-0.25, -0.2) is 0 Å². The predicted octanol–water partition coefficient (Wildman–Crippen LogP) is 1.75. The Morgan fingerprint density at radius 1 is 0.933 bits per heavy atom. The SMILES string of the molecule is O=C1CC(=O)C2=CC=CC3C=CC=C1C23. The molecule has 0 heterocycles. The van der Waals surface area contributed by atoms with Gasteiger partial charge < -0.3 is 0 Å². The van der Waals surface area contributed by atoms with Gasteiger partial charge in [-0.2, -0.15) is 0 Å². The van der Waals surface area contributed by atoms with E-state index in [9.17, 15) is 9.59 Å². The topological polar surface area (TPSA) is 34.1 Å². The van der Waals surface area contributed by atoms with Crippen LogP contribution in [0.3, 0.4) is 0 Å². The fourth-order valence-electron chi connectivity index (χ4n) is 2.53.